The molecule has 0 bridgehead atoms. The third-order valence-corrected chi connectivity index (χ3v) is 4.46. The summed E-state index contributed by atoms with van der Waals surface area (Å²) in [5.74, 6) is 0.318. The Morgan fingerprint density at radius 2 is 1.86 bits per heavy atom. The maximum atomic E-state index is 12.1. The van der Waals surface area contributed by atoms with Crippen LogP contribution in [0.15, 0.2) is 42.7 Å². The van der Waals surface area contributed by atoms with E-state index in [0.29, 0.717) is 17.8 Å². The largest absolute Gasteiger partial charge is 0.465 e. The summed E-state index contributed by atoms with van der Waals surface area (Å²) < 4.78 is 4.68. The second-order valence-corrected chi connectivity index (χ2v) is 6.33. The summed E-state index contributed by atoms with van der Waals surface area (Å²) in [6.45, 7) is 4.79. The Bertz CT molecular complexity index is 793. The predicted molar refractivity (Wildman–Crippen MR) is 105 cm³/mol. The van der Waals surface area contributed by atoms with E-state index in [1.165, 1.54) is 7.11 Å². The zero-order valence-corrected chi connectivity index (χ0v) is 15.8. The first-order valence-corrected chi connectivity index (χ1v) is 9.13. The van der Waals surface area contributed by atoms with Crippen LogP contribution in [-0.4, -0.2) is 73.2 Å². The molecule has 1 aliphatic heterocycles. The van der Waals surface area contributed by atoms with Crippen molar-refractivity contribution in [2.75, 3.05) is 56.6 Å². The van der Waals surface area contributed by atoms with Crippen molar-refractivity contribution in [2.45, 2.75) is 0 Å². The first-order valence-electron chi connectivity index (χ1n) is 9.13. The van der Waals surface area contributed by atoms with Crippen molar-refractivity contribution >= 4 is 23.6 Å². The summed E-state index contributed by atoms with van der Waals surface area (Å²) >= 11 is 0. The molecule has 1 aromatic heterocycles. The van der Waals surface area contributed by atoms with Crippen LogP contribution in [0.5, 0.6) is 0 Å². The second-order valence-electron chi connectivity index (χ2n) is 6.33. The van der Waals surface area contributed by atoms with E-state index < -0.39 is 5.97 Å². The molecule has 1 fully saturated rings. The van der Waals surface area contributed by atoms with Gasteiger partial charge in [-0.1, -0.05) is 6.07 Å². The molecule has 1 saturated heterocycles. The number of nitrogens with one attached hydrogen (secondary N) is 2. The topological polar surface area (TPSA) is 99.7 Å². The zero-order chi connectivity index (χ0) is 19.8. The summed E-state index contributed by atoms with van der Waals surface area (Å²) in [7, 11) is 1.32. The maximum Gasteiger partial charge on any atom is 0.337 e. The van der Waals surface area contributed by atoms with Gasteiger partial charge in [-0.2, -0.15) is 0 Å². The monoisotopic (exact) mass is 384 g/mol. The number of ether oxygens (including phenoxy) is 1. The van der Waals surface area contributed by atoms with E-state index in [2.05, 4.69) is 35.1 Å². The molecule has 0 atom stereocenters. The highest BCUT2D eigenvalue weighted by Gasteiger charge is 2.18. The molecule has 2 heterocycles. The van der Waals surface area contributed by atoms with Crippen LogP contribution in [0.1, 0.15) is 10.4 Å². The summed E-state index contributed by atoms with van der Waals surface area (Å²) in [6, 6.07) is 8.13. The van der Waals surface area contributed by atoms with Gasteiger partial charge in [0.25, 0.3) is 0 Å². The lowest BCUT2D eigenvalue weighted by molar-refractivity contribution is 0.0600. The molecular weight excluding hydrogens is 360 g/mol. The van der Waals surface area contributed by atoms with Crippen molar-refractivity contribution in [1.82, 2.24) is 20.2 Å². The minimum atomic E-state index is -0.441. The fraction of sp³-hybridized carbons (Fsp3) is 0.368. The number of anilines is 2. The van der Waals surface area contributed by atoms with Gasteiger partial charge in [-0.05, 0) is 24.3 Å². The Hall–Kier alpha value is -3.20. The lowest BCUT2D eigenvalue weighted by atomic mass is 10.2. The fourth-order valence-corrected chi connectivity index (χ4v) is 2.97. The number of amides is 2. The number of esters is 1. The standard InChI is InChI=1S/C19H24N6O3/c1-28-17(26)15-4-2-5-16(14-15)23-19(27)22-8-9-24-10-12-25(13-11-24)18-20-6-3-7-21-18/h2-7,14H,8-13H2,1H3,(H2,22,23,27). The van der Waals surface area contributed by atoms with Gasteiger partial charge in [0.05, 0.1) is 12.7 Å². The van der Waals surface area contributed by atoms with Gasteiger partial charge in [0.2, 0.25) is 5.95 Å². The summed E-state index contributed by atoms with van der Waals surface area (Å²) in [4.78, 5) is 36.6. The van der Waals surface area contributed by atoms with E-state index in [0.717, 1.165) is 38.7 Å². The highest BCUT2D eigenvalue weighted by Crippen LogP contribution is 2.11. The van der Waals surface area contributed by atoms with E-state index in [1.54, 1.807) is 36.7 Å². The van der Waals surface area contributed by atoms with Crippen molar-refractivity contribution in [3.05, 3.63) is 48.3 Å². The van der Waals surface area contributed by atoms with Crippen molar-refractivity contribution in [3.63, 3.8) is 0 Å². The maximum absolute atomic E-state index is 12.1. The van der Waals surface area contributed by atoms with Crippen LogP contribution in [0.3, 0.4) is 0 Å². The number of carbonyl (C=O) groups is 2. The van der Waals surface area contributed by atoms with Crippen LogP contribution in [-0.2, 0) is 4.74 Å². The number of nitrogens with zero attached hydrogens (tertiary/aromatic N) is 4. The van der Waals surface area contributed by atoms with E-state index >= 15 is 0 Å². The molecule has 0 spiro atoms. The highest BCUT2D eigenvalue weighted by atomic mass is 16.5. The minimum absolute atomic E-state index is 0.307. The summed E-state index contributed by atoms with van der Waals surface area (Å²) in [6.07, 6.45) is 3.50. The van der Waals surface area contributed by atoms with Gasteiger partial charge in [-0.25, -0.2) is 19.6 Å². The number of methoxy groups -OCH3 is 1. The molecule has 0 aliphatic carbocycles. The molecule has 0 radical (unpaired) electrons. The molecular formula is C19H24N6O3. The van der Waals surface area contributed by atoms with Crippen LogP contribution < -0.4 is 15.5 Å². The summed E-state index contributed by atoms with van der Waals surface area (Å²) in [5.41, 5.74) is 0.928. The normalized spacial score (nSPS) is 14.4. The van der Waals surface area contributed by atoms with Gasteiger partial charge in [0, 0.05) is 57.3 Å². The van der Waals surface area contributed by atoms with Gasteiger partial charge >= 0.3 is 12.0 Å². The molecule has 9 nitrogen and oxygen atoms in total. The van der Waals surface area contributed by atoms with E-state index in [9.17, 15) is 9.59 Å². The van der Waals surface area contributed by atoms with Gasteiger partial charge in [-0.3, -0.25) is 4.90 Å². The number of hydrogen-bond donors (Lipinski definition) is 2. The molecule has 1 aliphatic rings. The van der Waals surface area contributed by atoms with Crippen molar-refractivity contribution in [3.8, 4) is 0 Å². The number of aromatic nitrogens is 2. The minimum Gasteiger partial charge on any atom is -0.465 e. The molecule has 1 aromatic carbocycles. The lowest BCUT2D eigenvalue weighted by Crippen LogP contribution is -2.49. The van der Waals surface area contributed by atoms with E-state index in [1.807, 2.05) is 6.07 Å². The number of hydrogen-bond acceptors (Lipinski definition) is 7. The highest BCUT2D eigenvalue weighted by molar-refractivity contribution is 5.93. The zero-order valence-electron chi connectivity index (χ0n) is 15.8. The first kappa shape index (κ1) is 19.6. The Morgan fingerprint density at radius 1 is 1.11 bits per heavy atom. The molecule has 2 aromatic rings. The van der Waals surface area contributed by atoms with Crippen molar-refractivity contribution in [1.29, 1.82) is 0 Å². The van der Waals surface area contributed by atoms with E-state index in [4.69, 9.17) is 0 Å². The van der Waals surface area contributed by atoms with Crippen LogP contribution >= 0.6 is 0 Å². The third kappa shape index (κ3) is 5.40. The molecule has 28 heavy (non-hydrogen) atoms. The lowest BCUT2D eigenvalue weighted by Gasteiger charge is -2.34. The SMILES string of the molecule is COC(=O)c1cccc(NC(=O)NCCN2CCN(c3ncccn3)CC2)c1. The molecule has 0 saturated carbocycles. The Balaban J connectivity index is 1.37. The van der Waals surface area contributed by atoms with Gasteiger partial charge in [0.1, 0.15) is 0 Å². The average molecular weight is 384 g/mol. The van der Waals surface area contributed by atoms with Crippen LogP contribution in [0.2, 0.25) is 0 Å². The van der Waals surface area contributed by atoms with Gasteiger partial charge < -0.3 is 20.3 Å². The molecule has 9 heteroatoms. The third-order valence-electron chi connectivity index (χ3n) is 4.46. The fourth-order valence-electron chi connectivity index (χ4n) is 2.97. The number of piperazine rings is 1. The number of rotatable bonds is 6. The molecule has 3 rings (SSSR count). The van der Waals surface area contributed by atoms with Crippen molar-refractivity contribution in [2.24, 2.45) is 0 Å². The van der Waals surface area contributed by atoms with Crippen LogP contribution in [0.25, 0.3) is 0 Å². The smallest absolute Gasteiger partial charge is 0.337 e. The number of benzene rings is 1. The Kier molecular flexibility index (Phi) is 6.74. The number of urea groups is 1. The van der Waals surface area contributed by atoms with Crippen molar-refractivity contribution < 1.29 is 14.3 Å². The quantitative estimate of drug-likeness (QED) is 0.722. The Labute approximate surface area is 163 Å². The number of carbonyl (C=O) groups excluding carboxylic acids is 2. The second kappa shape index (κ2) is 9.65. The first-order chi connectivity index (χ1) is 13.7. The predicted octanol–water partition coefficient (Wildman–Crippen LogP) is 1.21. The van der Waals surface area contributed by atoms with Crippen LogP contribution in [0, 0.1) is 0 Å². The van der Waals surface area contributed by atoms with E-state index in [-0.39, 0.29) is 6.03 Å². The van der Waals surface area contributed by atoms with Crippen LogP contribution in [0.4, 0.5) is 16.4 Å². The average Bonchev–Trinajstić information content (AvgIpc) is 2.74. The Morgan fingerprint density at radius 3 is 2.57 bits per heavy atom. The molecule has 2 amide bonds. The molecule has 2 N–H and O–H groups in total. The van der Waals surface area contributed by atoms with Gasteiger partial charge in [0.15, 0.2) is 0 Å². The molecule has 0 unspecified atom stereocenters. The van der Waals surface area contributed by atoms with Gasteiger partial charge in [-0.15, -0.1) is 0 Å². The molecule has 148 valence electrons. The summed E-state index contributed by atoms with van der Waals surface area (Å²) in [5, 5.41) is 5.56.